The maximum absolute atomic E-state index is 2.44. The molecule has 136 valence electrons. The van der Waals surface area contributed by atoms with Crippen molar-refractivity contribution in [3.05, 3.63) is 96.1 Å². The molecule has 6 aromatic carbocycles. The molecule has 0 aliphatic heterocycles. The van der Waals surface area contributed by atoms with Crippen LogP contribution in [0.15, 0.2) is 84.9 Å². The summed E-state index contributed by atoms with van der Waals surface area (Å²) in [6.45, 7) is 0. The first-order valence-corrected chi connectivity index (χ1v) is 10.6. The molecule has 0 amide bonds. The number of benzene rings is 6. The van der Waals surface area contributed by atoms with E-state index in [1.54, 1.807) is 11.1 Å². The maximum atomic E-state index is 2.44. The molecule has 0 N–H and O–H groups in total. The van der Waals surface area contributed by atoms with Crippen LogP contribution in [0.5, 0.6) is 0 Å². The van der Waals surface area contributed by atoms with E-state index in [-0.39, 0.29) is 0 Å². The average Bonchev–Trinajstić information content (AvgIpc) is 2.77. The van der Waals surface area contributed by atoms with E-state index in [9.17, 15) is 0 Å². The van der Waals surface area contributed by atoms with Crippen LogP contribution in [0.3, 0.4) is 0 Å². The van der Waals surface area contributed by atoms with Crippen molar-refractivity contribution in [3.8, 4) is 0 Å². The summed E-state index contributed by atoms with van der Waals surface area (Å²) in [4.78, 5) is 0. The molecular formula is C29H20. The van der Waals surface area contributed by atoms with Crippen LogP contribution in [0.1, 0.15) is 17.5 Å². The number of fused-ring (bicyclic) bond motifs is 6. The number of hydrogen-bond donors (Lipinski definition) is 0. The van der Waals surface area contributed by atoms with Crippen LogP contribution in [0.2, 0.25) is 0 Å². The zero-order valence-corrected chi connectivity index (χ0v) is 16.2. The van der Waals surface area contributed by atoms with E-state index < -0.39 is 0 Å². The molecule has 0 radical (unpaired) electrons. The van der Waals surface area contributed by atoms with Gasteiger partial charge in [0.1, 0.15) is 0 Å². The van der Waals surface area contributed by atoms with E-state index >= 15 is 0 Å². The van der Waals surface area contributed by atoms with Crippen LogP contribution in [0, 0.1) is 0 Å². The quantitative estimate of drug-likeness (QED) is 0.239. The predicted octanol–water partition coefficient (Wildman–Crippen LogP) is 7.94. The minimum atomic E-state index is 1.18. The molecule has 29 heavy (non-hydrogen) atoms. The third kappa shape index (κ3) is 2.15. The Morgan fingerprint density at radius 1 is 0.414 bits per heavy atom. The Bertz CT molecular complexity index is 1620. The van der Waals surface area contributed by atoms with Gasteiger partial charge in [0.2, 0.25) is 0 Å². The minimum absolute atomic E-state index is 1.18. The van der Waals surface area contributed by atoms with Gasteiger partial charge in [-0.05, 0) is 121 Å². The lowest BCUT2D eigenvalue weighted by atomic mass is 9.82. The van der Waals surface area contributed by atoms with Gasteiger partial charge in [-0.2, -0.15) is 0 Å². The van der Waals surface area contributed by atoms with Gasteiger partial charge in [-0.1, -0.05) is 48.5 Å². The third-order valence-corrected chi connectivity index (χ3v) is 6.85. The zero-order valence-electron chi connectivity index (χ0n) is 16.2. The van der Waals surface area contributed by atoms with Crippen molar-refractivity contribution < 1.29 is 0 Å². The number of rotatable bonds is 0. The second kappa shape index (κ2) is 5.58. The molecule has 0 unspecified atom stereocenters. The molecule has 6 aromatic rings. The zero-order chi connectivity index (χ0) is 18.9. The molecule has 0 aromatic heterocycles. The Morgan fingerprint density at radius 3 is 1.76 bits per heavy atom. The summed E-state index contributed by atoms with van der Waals surface area (Å²) in [5.41, 5.74) is 3.11. The van der Waals surface area contributed by atoms with Gasteiger partial charge in [0.15, 0.2) is 0 Å². The standard InChI is InChI=1S/C29H20/c1-2-7-19-13-22-17-28-23(15-21(22)12-18(19)6-1)16-24-14-20-8-3-4-9-25(20)26-10-5-11-27(28)29(24)26/h1-4,6-9,12-17H,5,10-11H2. The van der Waals surface area contributed by atoms with Crippen LogP contribution in [-0.4, -0.2) is 0 Å². The molecule has 1 aliphatic rings. The van der Waals surface area contributed by atoms with Crippen LogP contribution in [-0.2, 0) is 12.8 Å². The molecule has 0 spiro atoms. The van der Waals surface area contributed by atoms with E-state index in [0.29, 0.717) is 0 Å². The maximum Gasteiger partial charge on any atom is -0.0107 e. The summed E-state index contributed by atoms with van der Waals surface area (Å²) in [5, 5.41) is 13.9. The minimum Gasteiger partial charge on any atom is -0.0616 e. The van der Waals surface area contributed by atoms with Gasteiger partial charge in [-0.3, -0.25) is 0 Å². The Hall–Kier alpha value is -3.38. The summed E-state index contributed by atoms with van der Waals surface area (Å²) in [5.74, 6) is 0. The SMILES string of the molecule is c1ccc2cc3cc4c5c6c(c7ccccc7cc6cc4cc3cc2c1)CCC5. The second-order valence-corrected chi connectivity index (χ2v) is 8.50. The molecular weight excluding hydrogens is 348 g/mol. The fourth-order valence-electron chi connectivity index (χ4n) is 5.57. The second-order valence-electron chi connectivity index (χ2n) is 8.50. The first-order valence-electron chi connectivity index (χ1n) is 10.6. The van der Waals surface area contributed by atoms with Crippen molar-refractivity contribution in [1.82, 2.24) is 0 Å². The predicted molar refractivity (Wildman–Crippen MR) is 126 cm³/mol. The van der Waals surface area contributed by atoms with Crippen LogP contribution < -0.4 is 0 Å². The van der Waals surface area contributed by atoms with Crippen LogP contribution in [0.25, 0.3) is 53.9 Å². The van der Waals surface area contributed by atoms with Crippen LogP contribution >= 0.6 is 0 Å². The lowest BCUT2D eigenvalue weighted by Crippen LogP contribution is -2.03. The molecule has 0 atom stereocenters. The molecule has 0 fully saturated rings. The topological polar surface area (TPSA) is 0 Å². The molecule has 0 saturated carbocycles. The van der Waals surface area contributed by atoms with Crippen molar-refractivity contribution in [1.29, 1.82) is 0 Å². The van der Waals surface area contributed by atoms with Crippen molar-refractivity contribution in [3.63, 3.8) is 0 Å². The fourth-order valence-corrected chi connectivity index (χ4v) is 5.57. The van der Waals surface area contributed by atoms with Gasteiger partial charge in [-0.25, -0.2) is 0 Å². The molecule has 0 heterocycles. The number of hydrogen-bond acceptors (Lipinski definition) is 0. The summed E-state index contributed by atoms with van der Waals surface area (Å²) >= 11 is 0. The average molecular weight is 368 g/mol. The van der Waals surface area contributed by atoms with Gasteiger partial charge in [0.05, 0.1) is 0 Å². The lowest BCUT2D eigenvalue weighted by Gasteiger charge is -2.22. The first-order chi connectivity index (χ1) is 14.3. The van der Waals surface area contributed by atoms with Gasteiger partial charge in [0.25, 0.3) is 0 Å². The van der Waals surface area contributed by atoms with Crippen molar-refractivity contribution in [2.45, 2.75) is 19.3 Å². The molecule has 0 bridgehead atoms. The molecule has 1 aliphatic carbocycles. The van der Waals surface area contributed by atoms with Gasteiger partial charge >= 0.3 is 0 Å². The van der Waals surface area contributed by atoms with E-state index in [0.717, 1.165) is 0 Å². The Kier molecular flexibility index (Phi) is 2.99. The summed E-state index contributed by atoms with van der Waals surface area (Å²) in [6.07, 6.45) is 3.61. The van der Waals surface area contributed by atoms with Crippen molar-refractivity contribution in [2.24, 2.45) is 0 Å². The van der Waals surface area contributed by atoms with Gasteiger partial charge in [-0.15, -0.1) is 0 Å². The summed E-state index contributed by atoms with van der Waals surface area (Å²) in [7, 11) is 0. The Balaban J connectivity index is 1.67. The smallest absolute Gasteiger partial charge is 0.0107 e. The van der Waals surface area contributed by atoms with E-state index in [2.05, 4.69) is 84.9 Å². The highest BCUT2D eigenvalue weighted by Crippen LogP contribution is 2.40. The van der Waals surface area contributed by atoms with Crippen molar-refractivity contribution in [2.75, 3.05) is 0 Å². The number of aryl methyl sites for hydroxylation is 2. The highest BCUT2D eigenvalue weighted by atomic mass is 14.2. The van der Waals surface area contributed by atoms with E-state index in [1.165, 1.54) is 73.1 Å². The Labute approximate surface area is 169 Å². The summed E-state index contributed by atoms with van der Waals surface area (Å²) < 4.78 is 0. The van der Waals surface area contributed by atoms with Gasteiger partial charge in [0, 0.05) is 0 Å². The van der Waals surface area contributed by atoms with E-state index in [1.807, 2.05) is 0 Å². The molecule has 0 heteroatoms. The molecule has 7 rings (SSSR count). The Morgan fingerprint density at radius 2 is 0.966 bits per heavy atom. The third-order valence-electron chi connectivity index (χ3n) is 6.85. The fraction of sp³-hybridized carbons (Fsp3) is 0.103. The summed E-state index contributed by atoms with van der Waals surface area (Å²) in [6, 6.07) is 31.9. The highest BCUT2D eigenvalue weighted by molar-refractivity contribution is 6.14. The highest BCUT2D eigenvalue weighted by Gasteiger charge is 2.18. The van der Waals surface area contributed by atoms with Crippen LogP contribution in [0.4, 0.5) is 0 Å². The van der Waals surface area contributed by atoms with Gasteiger partial charge < -0.3 is 0 Å². The normalized spacial score (nSPS) is 13.8. The lowest BCUT2D eigenvalue weighted by molar-refractivity contribution is 0.818. The monoisotopic (exact) mass is 368 g/mol. The molecule has 0 nitrogen and oxygen atoms in total. The first kappa shape index (κ1) is 15.5. The largest absolute Gasteiger partial charge is 0.0616 e. The molecule has 0 saturated heterocycles. The van der Waals surface area contributed by atoms with E-state index in [4.69, 9.17) is 0 Å². The van der Waals surface area contributed by atoms with Crippen molar-refractivity contribution >= 4 is 53.9 Å².